The Kier molecular flexibility index (Phi) is 11.0. The van der Waals surface area contributed by atoms with Crippen molar-refractivity contribution in [3.63, 3.8) is 0 Å². The maximum Gasteiger partial charge on any atom is 0.246 e. The molecule has 1 aliphatic heterocycles. The number of nitrogens with two attached hydrogens (primary N) is 1. The standard InChI is InChI=1S/C20H36N4O3.C10H12/c1-13(2)15-10-16(19(21)26)24(11-15)20(27)18(14-8-6-5-7-9-14)22-17(25)12-23(3)4;1-2-6-10-8-4-3-7-9(10)5-1/h13-16,18H,5-12H2,1-4H3,(H2,21,26)(H,22,25);1-2,5-6H,3-4,7-8H2. The molecule has 3 N–H and O–H groups in total. The molecule has 0 radical (unpaired) electrons. The second kappa shape index (κ2) is 13.9. The Bertz CT molecular complexity index is 885. The minimum Gasteiger partial charge on any atom is -0.368 e. The van der Waals surface area contributed by atoms with Crippen LogP contribution in [0.25, 0.3) is 0 Å². The maximum absolute atomic E-state index is 13.4. The summed E-state index contributed by atoms with van der Waals surface area (Å²) < 4.78 is 0. The van der Waals surface area contributed by atoms with Crippen LogP contribution in [0.5, 0.6) is 0 Å². The van der Waals surface area contributed by atoms with Crippen LogP contribution >= 0.6 is 0 Å². The molecule has 1 aromatic rings. The first-order valence-corrected chi connectivity index (χ1v) is 14.3. The number of primary amides is 1. The maximum atomic E-state index is 13.4. The summed E-state index contributed by atoms with van der Waals surface area (Å²) in [5.41, 5.74) is 8.76. The first kappa shape index (κ1) is 29.2. The van der Waals surface area contributed by atoms with E-state index in [0.717, 1.165) is 25.7 Å². The van der Waals surface area contributed by atoms with Crippen LogP contribution in [0, 0.1) is 17.8 Å². The number of fused-ring (bicyclic) bond motifs is 1. The van der Waals surface area contributed by atoms with Crippen molar-refractivity contribution in [2.45, 2.75) is 90.1 Å². The Morgan fingerprint density at radius 2 is 1.57 bits per heavy atom. The molecular weight excluding hydrogens is 464 g/mol. The Morgan fingerprint density at radius 1 is 0.973 bits per heavy atom. The minimum absolute atomic E-state index is 0.129. The molecule has 3 unspecified atom stereocenters. The molecule has 1 saturated heterocycles. The van der Waals surface area contributed by atoms with Crippen molar-refractivity contribution in [2.75, 3.05) is 27.2 Å². The molecule has 1 heterocycles. The van der Waals surface area contributed by atoms with Crippen molar-refractivity contribution < 1.29 is 14.4 Å². The van der Waals surface area contributed by atoms with Gasteiger partial charge in [-0.15, -0.1) is 0 Å². The van der Waals surface area contributed by atoms with E-state index in [-0.39, 0.29) is 30.2 Å². The zero-order valence-corrected chi connectivity index (χ0v) is 23.4. The van der Waals surface area contributed by atoms with Gasteiger partial charge in [0.1, 0.15) is 12.1 Å². The van der Waals surface area contributed by atoms with E-state index in [0.29, 0.717) is 18.9 Å². The van der Waals surface area contributed by atoms with Crippen LogP contribution in [0.2, 0.25) is 0 Å². The quantitative estimate of drug-likeness (QED) is 0.584. The van der Waals surface area contributed by atoms with Gasteiger partial charge in [-0.25, -0.2) is 0 Å². The third kappa shape index (κ3) is 8.29. The highest BCUT2D eigenvalue weighted by molar-refractivity contribution is 5.92. The zero-order valence-electron chi connectivity index (χ0n) is 23.4. The lowest BCUT2D eigenvalue weighted by Crippen LogP contribution is -2.56. The number of benzene rings is 1. The van der Waals surface area contributed by atoms with Gasteiger partial charge in [0.15, 0.2) is 0 Å². The molecule has 2 fully saturated rings. The van der Waals surface area contributed by atoms with Crippen LogP contribution in [-0.2, 0) is 27.2 Å². The Hall–Kier alpha value is -2.41. The Balaban J connectivity index is 0.000000313. The van der Waals surface area contributed by atoms with E-state index in [1.807, 2.05) is 14.1 Å². The molecule has 3 aliphatic rings. The number of carbonyl (C=O) groups is 3. The molecule has 7 nitrogen and oxygen atoms in total. The van der Waals surface area contributed by atoms with E-state index in [1.165, 1.54) is 32.1 Å². The predicted octanol–water partition coefficient (Wildman–Crippen LogP) is 3.54. The van der Waals surface area contributed by atoms with Crippen LogP contribution in [0.3, 0.4) is 0 Å². The summed E-state index contributed by atoms with van der Waals surface area (Å²) in [6, 6.07) is 7.67. The van der Waals surface area contributed by atoms with Gasteiger partial charge in [-0.2, -0.15) is 0 Å². The summed E-state index contributed by atoms with van der Waals surface area (Å²) in [6.45, 7) is 4.99. The van der Waals surface area contributed by atoms with Crippen molar-refractivity contribution in [1.82, 2.24) is 15.1 Å². The Labute approximate surface area is 223 Å². The molecule has 1 aromatic carbocycles. The number of nitrogens with zero attached hydrogens (tertiary/aromatic N) is 2. The largest absolute Gasteiger partial charge is 0.368 e. The average molecular weight is 513 g/mol. The van der Waals surface area contributed by atoms with E-state index >= 15 is 0 Å². The van der Waals surface area contributed by atoms with Crippen LogP contribution in [0.15, 0.2) is 24.3 Å². The average Bonchev–Trinajstić information content (AvgIpc) is 3.34. The molecule has 37 heavy (non-hydrogen) atoms. The second-order valence-electron chi connectivity index (χ2n) is 11.8. The number of aryl methyl sites for hydroxylation is 2. The van der Waals surface area contributed by atoms with Crippen molar-refractivity contribution >= 4 is 17.7 Å². The smallest absolute Gasteiger partial charge is 0.246 e. The molecule has 0 bridgehead atoms. The lowest BCUT2D eigenvalue weighted by Gasteiger charge is -2.34. The number of likely N-dealkylation sites (tertiary alicyclic amines) is 1. The summed E-state index contributed by atoms with van der Waals surface area (Å²) in [5, 5.41) is 2.97. The summed E-state index contributed by atoms with van der Waals surface area (Å²) >= 11 is 0. The van der Waals surface area contributed by atoms with E-state index < -0.39 is 18.0 Å². The fraction of sp³-hybridized carbons (Fsp3) is 0.700. The lowest BCUT2D eigenvalue weighted by atomic mass is 9.83. The zero-order chi connectivity index (χ0) is 26.9. The van der Waals surface area contributed by atoms with Gasteiger partial charge >= 0.3 is 0 Å². The van der Waals surface area contributed by atoms with E-state index in [9.17, 15) is 14.4 Å². The van der Waals surface area contributed by atoms with Crippen molar-refractivity contribution in [3.8, 4) is 0 Å². The van der Waals surface area contributed by atoms with Gasteiger partial charge in [0.05, 0.1) is 6.54 Å². The van der Waals surface area contributed by atoms with Gasteiger partial charge in [-0.1, -0.05) is 57.4 Å². The summed E-state index contributed by atoms with van der Waals surface area (Å²) in [7, 11) is 3.65. The number of nitrogens with one attached hydrogen (secondary N) is 1. The molecular formula is C30H48N4O3. The van der Waals surface area contributed by atoms with Gasteiger partial charge in [0.2, 0.25) is 17.7 Å². The second-order valence-corrected chi connectivity index (χ2v) is 11.8. The lowest BCUT2D eigenvalue weighted by molar-refractivity contribution is -0.142. The number of carbonyl (C=O) groups excluding carboxylic acids is 3. The van der Waals surface area contributed by atoms with Crippen molar-refractivity contribution in [3.05, 3.63) is 35.4 Å². The van der Waals surface area contributed by atoms with Gasteiger partial charge in [0.25, 0.3) is 0 Å². The highest BCUT2D eigenvalue weighted by atomic mass is 16.2. The first-order valence-electron chi connectivity index (χ1n) is 14.3. The summed E-state index contributed by atoms with van der Waals surface area (Å²) in [6.07, 6.45) is 11.2. The number of rotatable bonds is 7. The van der Waals surface area contributed by atoms with E-state index in [1.54, 1.807) is 20.9 Å². The first-order chi connectivity index (χ1) is 17.7. The molecule has 3 amide bonds. The number of hydrogen-bond donors (Lipinski definition) is 2. The summed E-state index contributed by atoms with van der Waals surface area (Å²) in [5.74, 6) is 0.0228. The third-order valence-corrected chi connectivity index (χ3v) is 8.31. The van der Waals surface area contributed by atoms with E-state index in [2.05, 4.69) is 43.4 Å². The van der Waals surface area contributed by atoms with Crippen LogP contribution < -0.4 is 11.1 Å². The molecule has 0 spiro atoms. The minimum atomic E-state index is -0.568. The van der Waals surface area contributed by atoms with Gasteiger partial charge in [-0.05, 0) is 87.9 Å². The molecule has 2 aliphatic carbocycles. The topological polar surface area (TPSA) is 95.7 Å². The van der Waals surface area contributed by atoms with Gasteiger partial charge in [-0.3, -0.25) is 14.4 Å². The number of amides is 3. The van der Waals surface area contributed by atoms with Crippen molar-refractivity contribution in [2.24, 2.45) is 23.5 Å². The molecule has 7 heteroatoms. The SMILES string of the molecule is CC(C)C1CC(C(N)=O)N(C(=O)C(NC(=O)CN(C)C)C2CCCCC2)C1.c1ccc2c(c1)CCCC2. The fourth-order valence-corrected chi connectivity index (χ4v) is 6.07. The summed E-state index contributed by atoms with van der Waals surface area (Å²) in [4.78, 5) is 41.3. The fourth-order valence-electron chi connectivity index (χ4n) is 6.07. The third-order valence-electron chi connectivity index (χ3n) is 8.31. The molecule has 1 saturated carbocycles. The highest BCUT2D eigenvalue weighted by Gasteiger charge is 2.43. The monoisotopic (exact) mass is 512 g/mol. The molecule has 206 valence electrons. The predicted molar refractivity (Wildman–Crippen MR) is 148 cm³/mol. The number of likely N-dealkylation sites (N-methyl/N-ethyl adjacent to an activating group) is 1. The molecule has 3 atom stereocenters. The van der Waals surface area contributed by atoms with E-state index in [4.69, 9.17) is 5.73 Å². The Morgan fingerprint density at radius 3 is 2.08 bits per heavy atom. The highest BCUT2D eigenvalue weighted by Crippen LogP contribution is 2.32. The van der Waals surface area contributed by atoms with Crippen LogP contribution in [0.4, 0.5) is 0 Å². The normalized spacial score (nSPS) is 22.7. The van der Waals surface area contributed by atoms with Crippen LogP contribution in [-0.4, -0.2) is 66.8 Å². The number of hydrogen-bond acceptors (Lipinski definition) is 4. The molecule has 0 aromatic heterocycles. The van der Waals surface area contributed by atoms with Crippen molar-refractivity contribution in [1.29, 1.82) is 0 Å². The van der Waals surface area contributed by atoms with Crippen LogP contribution in [0.1, 0.15) is 76.3 Å². The van der Waals surface area contributed by atoms with Gasteiger partial charge in [0, 0.05) is 6.54 Å². The molecule has 4 rings (SSSR count). The van der Waals surface area contributed by atoms with Gasteiger partial charge < -0.3 is 20.9 Å².